The van der Waals surface area contributed by atoms with E-state index in [4.69, 9.17) is 5.11 Å². The Hall–Kier alpha value is -1.98. The monoisotopic (exact) mass is 309 g/mol. The summed E-state index contributed by atoms with van der Waals surface area (Å²) >= 11 is 0. The minimum atomic E-state index is -1.15. The van der Waals surface area contributed by atoms with E-state index in [1.807, 2.05) is 0 Å². The molecule has 2 fully saturated rings. The van der Waals surface area contributed by atoms with Crippen LogP contribution in [0.4, 0.5) is 8.78 Å². The summed E-state index contributed by atoms with van der Waals surface area (Å²) in [6, 6.07) is 3.38. The van der Waals surface area contributed by atoms with Gasteiger partial charge < -0.3 is 10.4 Å². The maximum atomic E-state index is 14.0. The van der Waals surface area contributed by atoms with E-state index in [-0.39, 0.29) is 11.6 Å². The van der Waals surface area contributed by atoms with Crippen molar-refractivity contribution in [3.05, 3.63) is 35.4 Å². The molecule has 4 nitrogen and oxygen atoms in total. The van der Waals surface area contributed by atoms with Crippen molar-refractivity contribution in [1.82, 2.24) is 5.32 Å². The van der Waals surface area contributed by atoms with E-state index in [0.717, 1.165) is 18.6 Å². The number of hydrogen-bond acceptors (Lipinski definition) is 2. The third-order valence-corrected chi connectivity index (χ3v) is 4.91. The molecule has 22 heavy (non-hydrogen) atoms. The highest BCUT2D eigenvalue weighted by Crippen LogP contribution is 2.46. The van der Waals surface area contributed by atoms with Gasteiger partial charge in [-0.05, 0) is 37.8 Å². The Morgan fingerprint density at radius 2 is 1.77 bits per heavy atom. The predicted octanol–water partition coefficient (Wildman–Crippen LogP) is 2.37. The lowest BCUT2D eigenvalue weighted by Crippen LogP contribution is -2.56. The van der Waals surface area contributed by atoms with Crippen LogP contribution in [0.15, 0.2) is 18.2 Å². The molecule has 0 aliphatic heterocycles. The molecular formula is C16H17F2NO3. The molecule has 2 saturated carbocycles. The van der Waals surface area contributed by atoms with E-state index in [2.05, 4.69) is 5.32 Å². The number of carboxylic acid groups (broad SMARTS) is 1. The highest BCUT2D eigenvalue weighted by molar-refractivity contribution is 5.90. The quantitative estimate of drug-likeness (QED) is 0.897. The van der Waals surface area contributed by atoms with Crippen LogP contribution in [0.2, 0.25) is 0 Å². The van der Waals surface area contributed by atoms with Gasteiger partial charge in [0.15, 0.2) is 0 Å². The van der Waals surface area contributed by atoms with Gasteiger partial charge in [0.05, 0.1) is 11.3 Å². The number of carboxylic acids is 1. The molecule has 0 heterocycles. The molecule has 2 aliphatic carbocycles. The molecule has 1 aromatic carbocycles. The zero-order valence-corrected chi connectivity index (χ0v) is 11.9. The van der Waals surface area contributed by atoms with Crippen molar-refractivity contribution in [3.63, 3.8) is 0 Å². The Labute approximate surface area is 126 Å². The first-order chi connectivity index (χ1) is 10.4. The number of carbonyl (C=O) groups excluding carboxylic acids is 1. The SMILES string of the molecule is O=C(O)C1CC(NC(=O)C2(c3c(F)cccc3F)CCC2)C1. The molecule has 0 saturated heterocycles. The molecule has 2 aliphatic rings. The number of benzene rings is 1. The average Bonchev–Trinajstić information content (AvgIpc) is 2.34. The van der Waals surface area contributed by atoms with Crippen molar-refractivity contribution in [2.75, 3.05) is 0 Å². The molecule has 0 spiro atoms. The second-order valence-electron chi connectivity index (χ2n) is 6.21. The predicted molar refractivity (Wildman–Crippen MR) is 74.2 cm³/mol. The van der Waals surface area contributed by atoms with Crippen molar-refractivity contribution < 1.29 is 23.5 Å². The van der Waals surface area contributed by atoms with Crippen LogP contribution >= 0.6 is 0 Å². The number of carbonyl (C=O) groups is 2. The van der Waals surface area contributed by atoms with Crippen molar-refractivity contribution in [2.45, 2.75) is 43.6 Å². The van der Waals surface area contributed by atoms with Crippen LogP contribution in [0.1, 0.15) is 37.7 Å². The van der Waals surface area contributed by atoms with E-state index in [1.54, 1.807) is 0 Å². The van der Waals surface area contributed by atoms with Gasteiger partial charge in [-0.15, -0.1) is 0 Å². The van der Waals surface area contributed by atoms with Crippen molar-refractivity contribution >= 4 is 11.9 Å². The number of nitrogens with one attached hydrogen (secondary N) is 1. The third-order valence-electron chi connectivity index (χ3n) is 4.91. The van der Waals surface area contributed by atoms with Gasteiger partial charge in [0.2, 0.25) is 5.91 Å². The Morgan fingerprint density at radius 3 is 2.23 bits per heavy atom. The maximum absolute atomic E-state index is 14.0. The molecule has 0 aromatic heterocycles. The number of rotatable bonds is 4. The molecule has 1 aromatic rings. The van der Waals surface area contributed by atoms with Crippen LogP contribution in [0.25, 0.3) is 0 Å². The molecule has 0 bridgehead atoms. The van der Waals surface area contributed by atoms with Crippen LogP contribution in [0, 0.1) is 17.6 Å². The molecule has 0 atom stereocenters. The summed E-state index contributed by atoms with van der Waals surface area (Å²) in [4.78, 5) is 23.3. The summed E-state index contributed by atoms with van der Waals surface area (Å²) in [5, 5.41) is 11.6. The summed E-state index contributed by atoms with van der Waals surface area (Å²) in [5.74, 6) is -3.10. The van der Waals surface area contributed by atoms with Crippen LogP contribution < -0.4 is 5.32 Å². The first-order valence-corrected chi connectivity index (χ1v) is 7.42. The summed E-state index contributed by atoms with van der Waals surface area (Å²) in [6.45, 7) is 0. The van der Waals surface area contributed by atoms with Gasteiger partial charge in [0, 0.05) is 11.6 Å². The van der Waals surface area contributed by atoms with E-state index < -0.39 is 34.8 Å². The summed E-state index contributed by atoms with van der Waals surface area (Å²) in [7, 11) is 0. The third kappa shape index (κ3) is 2.26. The van der Waals surface area contributed by atoms with Gasteiger partial charge in [0.25, 0.3) is 0 Å². The van der Waals surface area contributed by atoms with Crippen LogP contribution in [-0.2, 0) is 15.0 Å². The Kier molecular flexibility index (Phi) is 3.62. The normalized spacial score (nSPS) is 25.7. The minimum absolute atomic E-state index is 0.159. The summed E-state index contributed by atoms with van der Waals surface area (Å²) in [5.41, 5.74) is -1.31. The Balaban J connectivity index is 1.76. The fraction of sp³-hybridized carbons (Fsp3) is 0.500. The van der Waals surface area contributed by atoms with E-state index in [9.17, 15) is 18.4 Å². The van der Waals surface area contributed by atoms with Gasteiger partial charge in [-0.25, -0.2) is 8.78 Å². The minimum Gasteiger partial charge on any atom is -0.481 e. The summed E-state index contributed by atoms with van der Waals surface area (Å²) < 4.78 is 28.1. The Morgan fingerprint density at radius 1 is 1.18 bits per heavy atom. The van der Waals surface area contributed by atoms with E-state index in [1.165, 1.54) is 6.07 Å². The van der Waals surface area contributed by atoms with Gasteiger partial charge >= 0.3 is 5.97 Å². The highest BCUT2D eigenvalue weighted by atomic mass is 19.1. The molecule has 6 heteroatoms. The average molecular weight is 309 g/mol. The van der Waals surface area contributed by atoms with Gasteiger partial charge in [-0.3, -0.25) is 9.59 Å². The smallest absolute Gasteiger partial charge is 0.306 e. The molecule has 0 radical (unpaired) electrons. The second kappa shape index (κ2) is 5.34. The van der Waals surface area contributed by atoms with Crippen LogP contribution in [0.3, 0.4) is 0 Å². The molecule has 0 unspecified atom stereocenters. The number of halogens is 2. The number of aliphatic carboxylic acids is 1. The van der Waals surface area contributed by atoms with Gasteiger partial charge in [0.1, 0.15) is 11.6 Å². The van der Waals surface area contributed by atoms with Gasteiger partial charge in [-0.2, -0.15) is 0 Å². The molecular weight excluding hydrogens is 292 g/mol. The van der Waals surface area contributed by atoms with Crippen molar-refractivity contribution in [1.29, 1.82) is 0 Å². The topological polar surface area (TPSA) is 66.4 Å². The molecule has 2 N–H and O–H groups in total. The second-order valence-corrected chi connectivity index (χ2v) is 6.21. The molecule has 1 amide bonds. The fourth-order valence-corrected chi connectivity index (χ4v) is 3.34. The largest absolute Gasteiger partial charge is 0.481 e. The molecule has 3 rings (SSSR count). The number of hydrogen-bond donors (Lipinski definition) is 2. The van der Waals surface area contributed by atoms with Gasteiger partial charge in [-0.1, -0.05) is 12.5 Å². The molecule has 118 valence electrons. The van der Waals surface area contributed by atoms with Crippen LogP contribution in [-0.4, -0.2) is 23.0 Å². The lowest BCUT2D eigenvalue weighted by Gasteiger charge is -2.43. The van der Waals surface area contributed by atoms with E-state index >= 15 is 0 Å². The summed E-state index contributed by atoms with van der Waals surface area (Å²) in [6.07, 6.45) is 2.30. The Bertz CT molecular complexity index is 602. The zero-order chi connectivity index (χ0) is 15.9. The fourth-order valence-electron chi connectivity index (χ4n) is 3.34. The lowest BCUT2D eigenvalue weighted by molar-refractivity contribution is -0.147. The van der Waals surface area contributed by atoms with Crippen molar-refractivity contribution in [3.8, 4) is 0 Å². The van der Waals surface area contributed by atoms with Crippen LogP contribution in [0.5, 0.6) is 0 Å². The first kappa shape index (κ1) is 14.9. The van der Waals surface area contributed by atoms with Crippen molar-refractivity contribution in [2.24, 2.45) is 5.92 Å². The first-order valence-electron chi connectivity index (χ1n) is 7.42. The zero-order valence-electron chi connectivity index (χ0n) is 11.9. The maximum Gasteiger partial charge on any atom is 0.306 e. The lowest BCUT2D eigenvalue weighted by atomic mass is 9.63. The standard InChI is InChI=1S/C16H17F2NO3/c17-11-3-1-4-12(18)13(11)16(5-2-6-16)15(22)19-10-7-9(8-10)14(20)21/h1,3-4,9-10H,2,5-8H2,(H,19,22)(H,20,21). The number of amides is 1. The highest BCUT2D eigenvalue weighted by Gasteiger charge is 2.50. The van der Waals surface area contributed by atoms with E-state index in [0.29, 0.717) is 25.7 Å².